The van der Waals surface area contributed by atoms with E-state index in [9.17, 15) is 62.6 Å². The van der Waals surface area contributed by atoms with Gasteiger partial charge in [0.25, 0.3) is 11.8 Å². The molecule has 109 heavy (non-hydrogen) atoms. The number of likely N-dealkylation sites (N-methyl/N-ethyl adjacent to an activating group) is 2. The maximum atomic E-state index is 14.9. The number of benzene rings is 2. The second-order valence-electron chi connectivity index (χ2n) is 29.4. The monoisotopic (exact) mass is 1540 g/mol. The first-order valence-corrected chi connectivity index (χ1v) is 38.4. The van der Waals surface area contributed by atoms with Crippen molar-refractivity contribution in [1.29, 1.82) is 0 Å². The number of hydrogen-bond donors (Lipinski definition) is 5. The van der Waals surface area contributed by atoms with Crippen LogP contribution in [0.2, 0.25) is 0 Å². The lowest BCUT2D eigenvalue weighted by molar-refractivity contribution is -0.198. The lowest BCUT2D eigenvalue weighted by Gasteiger charge is -2.41. The number of carbonyl (C=O) groups excluding carboxylic acids is 12. The third-order valence-electron chi connectivity index (χ3n) is 20.1. The fourth-order valence-electron chi connectivity index (χ4n) is 13.7. The van der Waals surface area contributed by atoms with Crippen molar-refractivity contribution < 1.29 is 105 Å². The predicted molar refractivity (Wildman–Crippen MR) is 403 cm³/mol. The van der Waals surface area contributed by atoms with Crippen LogP contribution in [0.1, 0.15) is 170 Å². The molecule has 2 saturated heterocycles. The Morgan fingerprint density at radius 1 is 0.651 bits per heavy atom. The maximum absolute atomic E-state index is 14.9. The van der Waals surface area contributed by atoms with Gasteiger partial charge in [0.05, 0.1) is 121 Å². The average Bonchev–Trinajstić information content (AvgIpc) is 1.78. The minimum atomic E-state index is -0.977. The summed E-state index contributed by atoms with van der Waals surface area (Å²) in [4.78, 5) is 169. The van der Waals surface area contributed by atoms with Crippen molar-refractivity contribution in [2.24, 2.45) is 53.1 Å². The Morgan fingerprint density at radius 2 is 1.23 bits per heavy atom. The number of hydroxylamine groups is 2. The van der Waals surface area contributed by atoms with Crippen molar-refractivity contribution in [3.05, 3.63) is 65.7 Å². The Morgan fingerprint density at radius 3 is 1.76 bits per heavy atom. The number of nitrogens with one attached hydrogen (secondary N) is 3. The molecule has 12 atom stereocenters. The predicted octanol–water partition coefficient (Wildman–Crippen LogP) is 7.33. The van der Waals surface area contributed by atoms with Gasteiger partial charge in [0, 0.05) is 103 Å². The van der Waals surface area contributed by atoms with Crippen molar-refractivity contribution in [1.82, 2.24) is 30.4 Å². The first-order chi connectivity index (χ1) is 51.9. The molecule has 30 nitrogen and oxygen atoms in total. The van der Waals surface area contributed by atoms with Crippen molar-refractivity contribution >= 4 is 76.6 Å². The largest absolute Gasteiger partial charge is 0.445 e. The topological polar surface area (TPSA) is 383 Å². The zero-order chi connectivity index (χ0) is 80.9. The van der Waals surface area contributed by atoms with E-state index >= 15 is 0 Å². The number of amides is 9. The number of anilines is 1. The molecule has 6 N–H and O–H groups in total. The molecule has 2 heterocycles. The molecule has 2 aromatic rings. The molecule has 30 heteroatoms. The van der Waals surface area contributed by atoms with Crippen LogP contribution in [0.15, 0.2) is 54.6 Å². The van der Waals surface area contributed by atoms with Gasteiger partial charge in [-0.3, -0.25) is 43.2 Å². The summed E-state index contributed by atoms with van der Waals surface area (Å²) in [7, 11) is 6.23. The van der Waals surface area contributed by atoms with Crippen molar-refractivity contribution in [2.45, 2.75) is 202 Å². The highest BCUT2D eigenvalue weighted by atomic mass is 16.7. The zero-order valence-electron chi connectivity index (χ0n) is 66.6. The number of urea groups is 1. The van der Waals surface area contributed by atoms with E-state index in [0.29, 0.717) is 68.4 Å². The molecule has 0 saturated carbocycles. The summed E-state index contributed by atoms with van der Waals surface area (Å²) in [6.07, 6.45) is -1.02. The van der Waals surface area contributed by atoms with Crippen LogP contribution in [-0.2, 0) is 97.3 Å². The minimum absolute atomic E-state index is 0.0147. The normalized spacial score (nSPS) is 16.8. The number of hydrogen-bond acceptors (Lipinski definition) is 22. The van der Waals surface area contributed by atoms with E-state index in [0.717, 1.165) is 5.56 Å². The molecule has 2 fully saturated rings. The Kier molecular flexibility index (Phi) is 42.4. The highest BCUT2D eigenvalue weighted by Crippen LogP contribution is 2.34. The Hall–Kier alpha value is -7.84. The summed E-state index contributed by atoms with van der Waals surface area (Å²) < 4.78 is 45.2. The van der Waals surface area contributed by atoms with E-state index < -0.39 is 102 Å². The molecule has 0 radical (unpaired) electrons. The number of ketones is 3. The van der Waals surface area contributed by atoms with Gasteiger partial charge in [-0.25, -0.2) is 14.4 Å². The summed E-state index contributed by atoms with van der Waals surface area (Å²) in [5, 5.41) is 19.7. The van der Waals surface area contributed by atoms with E-state index in [1.165, 1.54) is 19.1 Å². The Labute approximate surface area is 643 Å². The van der Waals surface area contributed by atoms with E-state index in [1.54, 1.807) is 75.9 Å². The number of primary amides is 1. The number of Topliss-reactive ketones (excluding diaryl/α,β-unsaturated/α-hetero) is 3. The van der Waals surface area contributed by atoms with Crippen LogP contribution in [0.3, 0.4) is 0 Å². The van der Waals surface area contributed by atoms with Crippen molar-refractivity contribution in [2.75, 3.05) is 113 Å². The van der Waals surface area contributed by atoms with Gasteiger partial charge in [0.1, 0.15) is 12.4 Å². The summed E-state index contributed by atoms with van der Waals surface area (Å²) in [6, 6.07) is 12.1. The number of methoxy groups -OCH3 is 2. The second-order valence-corrected chi connectivity index (χ2v) is 29.4. The Balaban J connectivity index is 1.25. The third-order valence-corrected chi connectivity index (χ3v) is 20.1. The fourth-order valence-corrected chi connectivity index (χ4v) is 13.7. The van der Waals surface area contributed by atoms with Gasteiger partial charge in [-0.1, -0.05) is 118 Å². The number of imide groups is 1. The lowest BCUT2D eigenvalue weighted by Crippen LogP contribution is -2.54. The number of aliphatic hydroxyl groups excluding tert-OH is 1. The van der Waals surface area contributed by atoms with Crippen LogP contribution >= 0.6 is 0 Å². The van der Waals surface area contributed by atoms with Crippen LogP contribution < -0.4 is 21.7 Å². The molecular formula is C79H124N8O22. The summed E-state index contributed by atoms with van der Waals surface area (Å²) in [5.74, 6) is -7.86. The van der Waals surface area contributed by atoms with Gasteiger partial charge in [-0.15, -0.1) is 5.06 Å². The molecule has 4 rings (SSSR count). The van der Waals surface area contributed by atoms with Gasteiger partial charge in [0.2, 0.25) is 23.6 Å². The molecule has 0 aliphatic carbocycles. The van der Waals surface area contributed by atoms with Crippen molar-refractivity contribution in [3.8, 4) is 0 Å². The number of rotatable bonds is 54. The summed E-state index contributed by atoms with van der Waals surface area (Å²) >= 11 is 0. The van der Waals surface area contributed by atoms with E-state index in [1.807, 2.05) is 71.9 Å². The zero-order valence-corrected chi connectivity index (χ0v) is 66.6. The maximum Gasteiger partial charge on any atom is 0.410 e. The number of carbonyl (C=O) groups is 12. The first kappa shape index (κ1) is 93.5. The Bertz CT molecular complexity index is 3180. The van der Waals surface area contributed by atoms with Crippen LogP contribution in [0, 0.1) is 47.3 Å². The number of likely N-dealkylation sites (tertiary alicyclic amines) is 1. The highest BCUT2D eigenvalue weighted by Gasteiger charge is 2.44. The van der Waals surface area contributed by atoms with Gasteiger partial charge in [-0.2, -0.15) is 0 Å². The fraction of sp³-hybridized carbons (Fsp3) is 0.696. The smallest absolute Gasteiger partial charge is 0.410 e. The lowest BCUT2D eigenvalue weighted by atomic mass is 9.83. The van der Waals surface area contributed by atoms with Gasteiger partial charge < -0.3 is 84.2 Å². The second kappa shape index (κ2) is 49.4. The molecule has 612 valence electrons. The molecule has 9 amide bonds. The molecule has 0 aromatic heterocycles. The number of nitrogens with two attached hydrogens (primary N) is 1. The number of aliphatic hydroxyl groups is 1. The average molecular weight is 1540 g/mol. The molecule has 0 spiro atoms. The van der Waals surface area contributed by atoms with Crippen LogP contribution in [0.4, 0.5) is 15.3 Å². The molecule has 2 aliphatic heterocycles. The van der Waals surface area contributed by atoms with E-state index in [4.69, 9.17) is 48.5 Å². The van der Waals surface area contributed by atoms with Crippen LogP contribution in [0.25, 0.3) is 0 Å². The van der Waals surface area contributed by atoms with Gasteiger partial charge >= 0.3 is 18.1 Å². The van der Waals surface area contributed by atoms with Crippen LogP contribution in [-0.4, -0.2) is 240 Å². The van der Waals surface area contributed by atoms with Gasteiger partial charge in [0.15, 0.2) is 11.6 Å². The minimum Gasteiger partial charge on any atom is -0.445 e. The molecule has 2 aliphatic rings. The van der Waals surface area contributed by atoms with E-state index in [-0.39, 0.29) is 176 Å². The van der Waals surface area contributed by atoms with Gasteiger partial charge in [-0.05, 0) is 78.5 Å². The summed E-state index contributed by atoms with van der Waals surface area (Å²) in [5.41, 5.74) is 6.94. The van der Waals surface area contributed by atoms with Crippen molar-refractivity contribution in [3.63, 3.8) is 0 Å². The molecule has 0 bridgehead atoms. The first-order valence-electron chi connectivity index (χ1n) is 38.4. The number of nitrogens with zero attached hydrogens (tertiary/aromatic N) is 4. The quantitative estimate of drug-likeness (QED) is 0.0319. The molecule has 2 aromatic carbocycles. The molecular weight excluding hydrogens is 1410 g/mol. The van der Waals surface area contributed by atoms with E-state index in [2.05, 4.69) is 16.0 Å². The SMILES string of the molecule is CC[C@H](C)[C@@H]([C@@H](CC(=O)N1CCC[C@H]1[C@H](OC)[C@@H](C)C(=O)C[C@H](C)[C@@H](O)c1ccccc1)OC)N(C)C(=O)[C@@H](CC(=O)[C@H](C(C)C)N(C)C(=O)OCc1ccc(NC(=O)[C@H](CCCNC(N)=O)CC(=O)[C@@H](NC(=O)CCOCCOCCOCCOCCOCCC(=O)ON2C(=O)CCC2=O)C(C)C)cc1)C(C)C. The summed E-state index contributed by atoms with van der Waals surface area (Å²) in [6.45, 7) is 21.1. The molecule has 0 unspecified atom stereocenters. The highest BCUT2D eigenvalue weighted by molar-refractivity contribution is 6.02. The third kappa shape index (κ3) is 31.5. The number of ether oxygens (including phenoxy) is 8. The standard InChI is InChI=1S/C79H124N8O22/c1-15-53(8)73(65(101-13)48-69(94)86-34-20-24-61(86)75(102-14)55(10)62(88)45-54(9)74(96)57-21-17-16-18-22-57)84(11)77(98)60(50(2)3)47-64(90)72(52(6)7)85(12)79(100)108-49-56-25-27-59(28-26-56)82-76(97)58(23-19-33-81-78(80)99)46-63(89)71(51(4)5)83-66(91)31-35-103-37-39-105-41-43-107-44-42-106-40-38-104-36-32-70(95)109-87-67(92)29-30-68(87)93/h16-18,21-22,25-28,50-55,58,60-61,65,71-75,96H,15,19-20,23-24,29-49H2,1-14H3,(H,82,97)(H,83,91)(H3,80,81,99)/t53-,54-,55-,58+,60-,61-,65+,71-,72-,73-,74+,75+/m0/s1. The van der Waals surface area contributed by atoms with Crippen LogP contribution in [0.5, 0.6) is 0 Å².